The predicted molar refractivity (Wildman–Crippen MR) is 120 cm³/mol. The summed E-state index contributed by atoms with van der Waals surface area (Å²) in [5.74, 6) is -0.248. The second kappa shape index (κ2) is 8.52. The molecular weight excluding hydrogens is 434 g/mol. The topological polar surface area (TPSA) is 118 Å². The minimum Gasteiger partial charge on any atom is -0.507 e. The van der Waals surface area contributed by atoms with E-state index in [-0.39, 0.29) is 29.1 Å². The fourth-order valence-electron chi connectivity index (χ4n) is 3.28. The summed E-state index contributed by atoms with van der Waals surface area (Å²) in [6.07, 6.45) is 0. The Kier molecular flexibility index (Phi) is 5.61. The third-order valence-electron chi connectivity index (χ3n) is 4.65. The number of benzene rings is 3. The van der Waals surface area contributed by atoms with Crippen molar-refractivity contribution in [3.63, 3.8) is 0 Å². The molecule has 160 valence electrons. The van der Waals surface area contributed by atoms with Crippen molar-refractivity contribution < 1.29 is 19.2 Å². The van der Waals surface area contributed by atoms with Crippen LogP contribution in [0.1, 0.15) is 6.92 Å². The van der Waals surface area contributed by atoms with E-state index in [1.54, 1.807) is 48.5 Å². The van der Waals surface area contributed by atoms with E-state index in [1.807, 2.05) is 0 Å². The van der Waals surface area contributed by atoms with Crippen LogP contribution < -0.4 is 5.32 Å². The average Bonchev–Trinajstić information content (AvgIpc) is 3.16. The summed E-state index contributed by atoms with van der Waals surface area (Å²) >= 11 is 6.11. The van der Waals surface area contributed by atoms with Crippen molar-refractivity contribution in [3.05, 3.63) is 81.9 Å². The number of amides is 1. The molecule has 9 heteroatoms. The van der Waals surface area contributed by atoms with Crippen molar-refractivity contribution >= 4 is 29.1 Å². The number of phenolic OH excluding ortho intramolecular Hbond substituents is 1. The second-order valence-corrected chi connectivity index (χ2v) is 7.33. The SMILES string of the molecule is CC(=O)Nc1oc(-c2ccccc2-c2ccc([N+](=O)[O-])cc2O)nc1-c1cccc(Cl)c1. The van der Waals surface area contributed by atoms with E-state index in [2.05, 4.69) is 10.3 Å². The summed E-state index contributed by atoms with van der Waals surface area (Å²) in [6, 6.07) is 17.8. The minimum atomic E-state index is -0.583. The first-order valence-electron chi connectivity index (χ1n) is 9.45. The number of oxazole rings is 1. The maximum absolute atomic E-state index is 11.7. The van der Waals surface area contributed by atoms with Gasteiger partial charge in [-0.25, -0.2) is 4.98 Å². The van der Waals surface area contributed by atoms with Gasteiger partial charge in [0.25, 0.3) is 5.69 Å². The Hall–Kier alpha value is -4.17. The summed E-state index contributed by atoms with van der Waals surface area (Å²) in [4.78, 5) is 26.7. The highest BCUT2D eigenvalue weighted by Gasteiger charge is 2.21. The molecule has 1 amide bonds. The molecule has 0 radical (unpaired) electrons. The number of nitrogens with one attached hydrogen (secondary N) is 1. The number of rotatable bonds is 5. The van der Waals surface area contributed by atoms with E-state index in [1.165, 1.54) is 19.1 Å². The fraction of sp³-hybridized carbons (Fsp3) is 0.0435. The molecule has 0 spiro atoms. The molecule has 2 N–H and O–H groups in total. The molecule has 1 heterocycles. The molecule has 3 aromatic carbocycles. The van der Waals surface area contributed by atoms with Gasteiger partial charge in [-0.2, -0.15) is 0 Å². The zero-order valence-electron chi connectivity index (χ0n) is 16.7. The monoisotopic (exact) mass is 449 g/mol. The number of nitrogens with zero attached hydrogens (tertiary/aromatic N) is 2. The standard InChI is InChI=1S/C23H16ClN3O5/c1-13(28)25-23-21(14-5-4-6-15(24)11-14)26-22(32-23)19-8-3-2-7-17(19)18-10-9-16(27(30)31)12-20(18)29/h2-12,29H,1H3,(H,25,28). The third kappa shape index (κ3) is 4.17. The van der Waals surface area contributed by atoms with Gasteiger partial charge in [0, 0.05) is 34.7 Å². The molecule has 1 aromatic heterocycles. The van der Waals surface area contributed by atoms with Crippen LogP contribution in [0.3, 0.4) is 0 Å². The Bertz CT molecular complexity index is 1350. The number of carbonyl (C=O) groups is 1. The Labute approximate surface area is 187 Å². The summed E-state index contributed by atoms with van der Waals surface area (Å²) in [5, 5.41) is 24.6. The molecule has 0 fully saturated rings. The molecule has 0 saturated carbocycles. The number of phenols is 1. The van der Waals surface area contributed by atoms with Gasteiger partial charge in [-0.1, -0.05) is 41.9 Å². The van der Waals surface area contributed by atoms with Crippen molar-refractivity contribution in [2.45, 2.75) is 6.92 Å². The lowest BCUT2D eigenvalue weighted by atomic mass is 9.98. The molecule has 32 heavy (non-hydrogen) atoms. The summed E-state index contributed by atoms with van der Waals surface area (Å²) in [5.41, 5.74) is 2.25. The van der Waals surface area contributed by atoms with Gasteiger partial charge in [0.2, 0.25) is 17.7 Å². The smallest absolute Gasteiger partial charge is 0.273 e. The first kappa shape index (κ1) is 21.1. The van der Waals surface area contributed by atoms with Crippen LogP contribution in [0.15, 0.2) is 71.1 Å². The maximum atomic E-state index is 11.7. The normalized spacial score (nSPS) is 10.7. The van der Waals surface area contributed by atoms with E-state index in [9.17, 15) is 20.0 Å². The summed E-state index contributed by atoms with van der Waals surface area (Å²) in [7, 11) is 0. The average molecular weight is 450 g/mol. The molecule has 0 aliphatic rings. The van der Waals surface area contributed by atoms with Gasteiger partial charge < -0.3 is 9.52 Å². The van der Waals surface area contributed by atoms with Crippen LogP contribution in [0.2, 0.25) is 5.02 Å². The molecule has 0 atom stereocenters. The van der Waals surface area contributed by atoms with Crippen molar-refractivity contribution in [1.82, 2.24) is 4.98 Å². The van der Waals surface area contributed by atoms with Gasteiger partial charge in [0.1, 0.15) is 11.4 Å². The zero-order chi connectivity index (χ0) is 22.8. The van der Waals surface area contributed by atoms with Crippen LogP contribution in [0, 0.1) is 10.1 Å². The molecule has 0 aliphatic carbocycles. The van der Waals surface area contributed by atoms with Crippen LogP contribution in [-0.4, -0.2) is 20.9 Å². The van der Waals surface area contributed by atoms with Crippen molar-refractivity contribution in [2.24, 2.45) is 0 Å². The lowest BCUT2D eigenvalue weighted by Crippen LogP contribution is -2.05. The highest BCUT2D eigenvalue weighted by molar-refractivity contribution is 6.30. The van der Waals surface area contributed by atoms with E-state index in [0.29, 0.717) is 33.0 Å². The summed E-state index contributed by atoms with van der Waals surface area (Å²) in [6.45, 7) is 1.35. The van der Waals surface area contributed by atoms with E-state index >= 15 is 0 Å². The number of nitro groups is 1. The van der Waals surface area contributed by atoms with E-state index < -0.39 is 4.92 Å². The number of nitro benzene ring substituents is 1. The van der Waals surface area contributed by atoms with Gasteiger partial charge >= 0.3 is 0 Å². The molecular formula is C23H16ClN3O5. The Balaban J connectivity index is 1.87. The van der Waals surface area contributed by atoms with Gasteiger partial charge in [0.05, 0.1) is 11.0 Å². The lowest BCUT2D eigenvalue weighted by Gasteiger charge is -2.08. The van der Waals surface area contributed by atoms with Crippen LogP contribution in [0.25, 0.3) is 33.8 Å². The van der Waals surface area contributed by atoms with Crippen molar-refractivity contribution in [2.75, 3.05) is 5.32 Å². The molecule has 0 unspecified atom stereocenters. The van der Waals surface area contributed by atoms with Crippen molar-refractivity contribution in [1.29, 1.82) is 0 Å². The van der Waals surface area contributed by atoms with E-state index in [4.69, 9.17) is 16.0 Å². The Morgan fingerprint density at radius 2 is 1.81 bits per heavy atom. The highest BCUT2D eigenvalue weighted by Crippen LogP contribution is 2.40. The maximum Gasteiger partial charge on any atom is 0.273 e. The van der Waals surface area contributed by atoms with Crippen LogP contribution in [0.5, 0.6) is 5.75 Å². The van der Waals surface area contributed by atoms with Gasteiger partial charge in [-0.3, -0.25) is 20.2 Å². The van der Waals surface area contributed by atoms with E-state index in [0.717, 1.165) is 6.07 Å². The Morgan fingerprint density at radius 3 is 2.47 bits per heavy atom. The van der Waals surface area contributed by atoms with Crippen LogP contribution in [-0.2, 0) is 4.79 Å². The lowest BCUT2D eigenvalue weighted by molar-refractivity contribution is -0.384. The number of non-ortho nitro benzene ring substituents is 1. The molecule has 4 rings (SSSR count). The fourth-order valence-corrected chi connectivity index (χ4v) is 3.47. The number of halogens is 1. The predicted octanol–water partition coefficient (Wildman–Crippen LogP) is 5.90. The van der Waals surface area contributed by atoms with Gasteiger partial charge in [-0.05, 0) is 29.8 Å². The first-order chi connectivity index (χ1) is 15.3. The number of hydrogen-bond acceptors (Lipinski definition) is 6. The quantitative estimate of drug-likeness (QED) is 0.289. The zero-order valence-corrected chi connectivity index (χ0v) is 17.5. The first-order valence-corrected chi connectivity index (χ1v) is 9.83. The number of carbonyl (C=O) groups excluding carboxylic acids is 1. The molecule has 8 nitrogen and oxygen atoms in total. The molecule has 4 aromatic rings. The van der Waals surface area contributed by atoms with Gasteiger partial charge in [-0.15, -0.1) is 0 Å². The van der Waals surface area contributed by atoms with Gasteiger partial charge in [0.15, 0.2) is 0 Å². The number of hydrogen-bond donors (Lipinski definition) is 2. The second-order valence-electron chi connectivity index (χ2n) is 6.89. The van der Waals surface area contributed by atoms with Crippen LogP contribution in [0.4, 0.5) is 11.6 Å². The number of anilines is 1. The minimum absolute atomic E-state index is 0.150. The summed E-state index contributed by atoms with van der Waals surface area (Å²) < 4.78 is 5.89. The largest absolute Gasteiger partial charge is 0.507 e. The van der Waals surface area contributed by atoms with Crippen LogP contribution >= 0.6 is 11.6 Å². The molecule has 0 saturated heterocycles. The number of aromatic nitrogens is 1. The number of aromatic hydroxyl groups is 1. The van der Waals surface area contributed by atoms with Crippen molar-refractivity contribution in [3.8, 4) is 39.6 Å². The molecule has 0 bridgehead atoms. The third-order valence-corrected chi connectivity index (χ3v) is 4.89. The Morgan fingerprint density at radius 1 is 1.06 bits per heavy atom. The molecule has 0 aliphatic heterocycles. The highest BCUT2D eigenvalue weighted by atomic mass is 35.5.